The van der Waals surface area contributed by atoms with E-state index in [9.17, 15) is 4.79 Å². The van der Waals surface area contributed by atoms with Crippen LogP contribution in [0, 0.1) is 0 Å². The summed E-state index contributed by atoms with van der Waals surface area (Å²) < 4.78 is 5.33. The first kappa shape index (κ1) is 16.2. The number of thiazole rings is 1. The van der Waals surface area contributed by atoms with E-state index >= 15 is 0 Å². The molecule has 1 saturated heterocycles. The zero-order chi connectivity index (χ0) is 15.2. The number of ether oxygens (including phenoxy) is 1. The minimum Gasteiger partial charge on any atom is -0.381 e. The number of nitrogens with zero attached hydrogens (tertiary/aromatic N) is 2. The summed E-state index contributed by atoms with van der Waals surface area (Å²) >= 11 is 1.60. The van der Waals surface area contributed by atoms with E-state index in [1.807, 2.05) is 4.90 Å². The normalized spacial score (nSPS) is 16.2. The van der Waals surface area contributed by atoms with E-state index < -0.39 is 0 Å². The standard InChI is InChI=1S/C15H25N3O2S/c1-4-6-12-13(5-2)21-14(16-12)17-15(19)18-9-7-11(20-3)8-10-18/h11H,4-10H2,1-3H3,(H,16,17,19). The fourth-order valence-corrected chi connectivity index (χ4v) is 3.55. The quantitative estimate of drug-likeness (QED) is 0.907. The number of hydrogen-bond acceptors (Lipinski definition) is 4. The number of piperidine rings is 1. The fourth-order valence-electron chi connectivity index (χ4n) is 2.61. The molecule has 0 bridgehead atoms. The lowest BCUT2D eigenvalue weighted by atomic mass is 10.1. The van der Waals surface area contributed by atoms with Gasteiger partial charge in [0.05, 0.1) is 11.8 Å². The minimum atomic E-state index is -0.0380. The van der Waals surface area contributed by atoms with Gasteiger partial charge in [0.25, 0.3) is 0 Å². The molecule has 21 heavy (non-hydrogen) atoms. The highest BCUT2D eigenvalue weighted by Crippen LogP contribution is 2.25. The molecule has 0 saturated carbocycles. The molecule has 0 radical (unpaired) electrons. The lowest BCUT2D eigenvalue weighted by Gasteiger charge is -2.30. The Bertz CT molecular complexity index is 467. The van der Waals surface area contributed by atoms with Crippen molar-refractivity contribution >= 4 is 22.5 Å². The van der Waals surface area contributed by atoms with E-state index in [1.54, 1.807) is 18.4 Å². The Morgan fingerprint density at radius 1 is 1.43 bits per heavy atom. The lowest BCUT2D eigenvalue weighted by Crippen LogP contribution is -2.42. The number of methoxy groups -OCH3 is 1. The van der Waals surface area contributed by atoms with Crippen LogP contribution in [0.5, 0.6) is 0 Å². The first-order valence-electron chi connectivity index (χ1n) is 7.75. The molecular weight excluding hydrogens is 286 g/mol. The molecule has 1 aliphatic heterocycles. The van der Waals surface area contributed by atoms with Crippen LogP contribution in [0.2, 0.25) is 0 Å². The Labute approximate surface area is 130 Å². The van der Waals surface area contributed by atoms with Gasteiger partial charge >= 0.3 is 6.03 Å². The Kier molecular flexibility index (Phi) is 5.99. The van der Waals surface area contributed by atoms with Crippen LogP contribution in [-0.2, 0) is 17.6 Å². The number of carbonyl (C=O) groups excluding carboxylic acids is 1. The van der Waals surface area contributed by atoms with E-state index in [1.165, 1.54) is 4.88 Å². The number of urea groups is 1. The maximum absolute atomic E-state index is 12.3. The van der Waals surface area contributed by atoms with Crippen molar-refractivity contribution in [3.05, 3.63) is 10.6 Å². The van der Waals surface area contributed by atoms with Crippen molar-refractivity contribution in [2.45, 2.75) is 52.1 Å². The zero-order valence-electron chi connectivity index (χ0n) is 13.1. The molecule has 1 aromatic heterocycles. The first-order valence-corrected chi connectivity index (χ1v) is 8.56. The highest BCUT2D eigenvalue weighted by atomic mass is 32.1. The van der Waals surface area contributed by atoms with Crippen LogP contribution in [0.1, 0.15) is 43.7 Å². The summed E-state index contributed by atoms with van der Waals surface area (Å²) in [5, 5.41) is 3.68. The zero-order valence-corrected chi connectivity index (χ0v) is 14.0. The van der Waals surface area contributed by atoms with Crippen molar-refractivity contribution in [1.29, 1.82) is 0 Å². The largest absolute Gasteiger partial charge is 0.381 e. The molecule has 0 unspecified atom stereocenters. The third kappa shape index (κ3) is 4.17. The first-order chi connectivity index (χ1) is 10.2. The van der Waals surface area contributed by atoms with Crippen LogP contribution in [0.4, 0.5) is 9.93 Å². The maximum Gasteiger partial charge on any atom is 0.323 e. The number of aryl methyl sites for hydroxylation is 2. The van der Waals surface area contributed by atoms with Gasteiger partial charge in [0.1, 0.15) is 0 Å². The summed E-state index contributed by atoms with van der Waals surface area (Å²) in [4.78, 5) is 20.0. The van der Waals surface area contributed by atoms with Crippen molar-refractivity contribution in [3.63, 3.8) is 0 Å². The van der Waals surface area contributed by atoms with Crippen LogP contribution in [0.3, 0.4) is 0 Å². The van der Waals surface area contributed by atoms with Gasteiger partial charge in [-0.05, 0) is 25.7 Å². The molecule has 2 rings (SSSR count). The Morgan fingerprint density at radius 3 is 2.71 bits per heavy atom. The van der Waals surface area contributed by atoms with E-state index in [0.29, 0.717) is 0 Å². The average Bonchev–Trinajstić information content (AvgIpc) is 2.89. The Balaban J connectivity index is 1.93. The third-order valence-electron chi connectivity index (χ3n) is 3.86. The van der Waals surface area contributed by atoms with Crippen molar-refractivity contribution < 1.29 is 9.53 Å². The maximum atomic E-state index is 12.3. The van der Waals surface area contributed by atoms with Crippen molar-refractivity contribution in [2.24, 2.45) is 0 Å². The monoisotopic (exact) mass is 311 g/mol. The van der Waals surface area contributed by atoms with Crippen molar-refractivity contribution in [1.82, 2.24) is 9.88 Å². The second kappa shape index (κ2) is 7.75. The van der Waals surface area contributed by atoms with Crippen LogP contribution < -0.4 is 5.32 Å². The van der Waals surface area contributed by atoms with Crippen LogP contribution >= 0.6 is 11.3 Å². The van der Waals surface area contributed by atoms with E-state index in [4.69, 9.17) is 4.74 Å². The minimum absolute atomic E-state index is 0.0380. The average molecular weight is 311 g/mol. The highest BCUT2D eigenvalue weighted by Gasteiger charge is 2.23. The number of anilines is 1. The molecule has 0 spiro atoms. The molecule has 2 heterocycles. The number of nitrogens with one attached hydrogen (secondary N) is 1. The predicted molar refractivity (Wildman–Crippen MR) is 86.1 cm³/mol. The number of likely N-dealkylation sites (tertiary alicyclic amines) is 1. The molecule has 118 valence electrons. The van der Waals surface area contributed by atoms with Gasteiger partial charge in [-0.15, -0.1) is 11.3 Å². The Hall–Kier alpha value is -1.14. The molecule has 0 aliphatic carbocycles. The van der Waals surface area contributed by atoms with Gasteiger partial charge in [0.15, 0.2) is 5.13 Å². The number of rotatable bonds is 5. The number of amides is 2. The van der Waals surface area contributed by atoms with Gasteiger partial charge in [-0.2, -0.15) is 0 Å². The molecular formula is C15H25N3O2S. The molecule has 0 aromatic carbocycles. The van der Waals surface area contributed by atoms with Gasteiger partial charge in [0, 0.05) is 25.1 Å². The molecule has 5 nitrogen and oxygen atoms in total. The second-order valence-corrected chi connectivity index (χ2v) is 6.43. The SMILES string of the molecule is CCCc1nc(NC(=O)N2CCC(OC)CC2)sc1CC. The van der Waals surface area contributed by atoms with E-state index in [2.05, 4.69) is 24.1 Å². The smallest absolute Gasteiger partial charge is 0.323 e. The molecule has 1 fully saturated rings. The topological polar surface area (TPSA) is 54.5 Å². The summed E-state index contributed by atoms with van der Waals surface area (Å²) in [5.41, 5.74) is 1.14. The molecule has 2 amide bonds. The summed E-state index contributed by atoms with van der Waals surface area (Å²) in [6, 6.07) is -0.0380. The van der Waals surface area contributed by atoms with Gasteiger partial charge in [-0.1, -0.05) is 20.3 Å². The number of carbonyl (C=O) groups is 1. The van der Waals surface area contributed by atoms with E-state index in [0.717, 1.165) is 56.0 Å². The van der Waals surface area contributed by atoms with Crippen LogP contribution in [-0.4, -0.2) is 42.2 Å². The molecule has 0 atom stereocenters. The van der Waals surface area contributed by atoms with Gasteiger partial charge in [0.2, 0.25) is 0 Å². The lowest BCUT2D eigenvalue weighted by molar-refractivity contribution is 0.0521. The fraction of sp³-hybridized carbons (Fsp3) is 0.733. The molecule has 6 heteroatoms. The third-order valence-corrected chi connectivity index (χ3v) is 5.02. The summed E-state index contributed by atoms with van der Waals surface area (Å²) in [6.45, 7) is 5.78. The highest BCUT2D eigenvalue weighted by molar-refractivity contribution is 7.15. The number of aromatic nitrogens is 1. The second-order valence-electron chi connectivity index (χ2n) is 5.34. The van der Waals surface area contributed by atoms with E-state index in [-0.39, 0.29) is 12.1 Å². The van der Waals surface area contributed by atoms with Crippen LogP contribution in [0.25, 0.3) is 0 Å². The molecule has 1 aliphatic rings. The predicted octanol–water partition coefficient (Wildman–Crippen LogP) is 3.30. The molecule has 1 aromatic rings. The van der Waals surface area contributed by atoms with Crippen molar-refractivity contribution in [3.8, 4) is 0 Å². The summed E-state index contributed by atoms with van der Waals surface area (Å²) in [7, 11) is 1.73. The number of hydrogen-bond donors (Lipinski definition) is 1. The van der Waals surface area contributed by atoms with Gasteiger partial charge in [-0.3, -0.25) is 5.32 Å². The summed E-state index contributed by atoms with van der Waals surface area (Å²) in [6.07, 6.45) is 5.13. The summed E-state index contributed by atoms with van der Waals surface area (Å²) in [5.74, 6) is 0. The van der Waals surface area contributed by atoms with Gasteiger partial charge < -0.3 is 9.64 Å². The van der Waals surface area contributed by atoms with Crippen molar-refractivity contribution in [2.75, 3.05) is 25.5 Å². The van der Waals surface area contributed by atoms with Gasteiger partial charge in [-0.25, -0.2) is 9.78 Å². The molecule has 1 N–H and O–H groups in total. The Morgan fingerprint density at radius 2 is 2.14 bits per heavy atom. The van der Waals surface area contributed by atoms with Crippen LogP contribution in [0.15, 0.2) is 0 Å².